The van der Waals surface area contributed by atoms with Crippen LogP contribution in [0.5, 0.6) is 0 Å². The Morgan fingerprint density at radius 1 is 1.18 bits per heavy atom. The average molecular weight is 249 g/mol. The van der Waals surface area contributed by atoms with Crippen LogP contribution in [0.1, 0.15) is 26.5 Å². The van der Waals surface area contributed by atoms with Gasteiger partial charge in [-0.2, -0.15) is 0 Å². The Hall–Kier alpha value is -1.87. The van der Waals surface area contributed by atoms with Gasteiger partial charge in [0.15, 0.2) is 5.76 Å². The molecule has 0 aliphatic heterocycles. The van der Waals surface area contributed by atoms with Crippen molar-refractivity contribution in [3.8, 4) is 0 Å². The lowest BCUT2D eigenvalue weighted by atomic mass is 10.0. The molecule has 0 fully saturated rings. The third kappa shape index (κ3) is 2.29. The van der Waals surface area contributed by atoms with Gasteiger partial charge in [0, 0.05) is 5.56 Å². The first-order chi connectivity index (χ1) is 8.09. The number of carbonyl (C=O) groups is 2. The van der Waals surface area contributed by atoms with E-state index < -0.39 is 11.6 Å². The van der Waals surface area contributed by atoms with Crippen molar-refractivity contribution in [2.45, 2.75) is 6.92 Å². The Morgan fingerprint density at radius 3 is 2.53 bits per heavy atom. The van der Waals surface area contributed by atoms with Crippen LogP contribution in [0.3, 0.4) is 0 Å². The molecule has 0 bridgehead atoms. The summed E-state index contributed by atoms with van der Waals surface area (Å²) in [7, 11) is 0. The highest BCUT2D eigenvalue weighted by Gasteiger charge is 2.22. The summed E-state index contributed by atoms with van der Waals surface area (Å²) in [6.07, 6.45) is 1.34. The number of rotatable bonds is 3. The number of carbonyl (C=O) groups excluding carboxylic acids is 2. The second kappa shape index (κ2) is 4.55. The minimum atomic E-state index is -0.694. The molecule has 1 aromatic heterocycles. The van der Waals surface area contributed by atoms with Gasteiger partial charge < -0.3 is 4.42 Å². The average Bonchev–Trinajstić information content (AvgIpc) is 2.80. The molecule has 0 saturated carbocycles. The molecule has 2 rings (SSSR count). The number of Topliss-reactive ketones (excluding diaryl/α,β-unsaturated/α-hetero) is 2. The van der Waals surface area contributed by atoms with Crippen molar-refractivity contribution in [2.24, 2.45) is 0 Å². The van der Waals surface area contributed by atoms with E-state index in [9.17, 15) is 9.59 Å². The summed E-state index contributed by atoms with van der Waals surface area (Å²) in [5, 5.41) is 0.273. The first-order valence-electron chi connectivity index (χ1n) is 4.98. The summed E-state index contributed by atoms with van der Waals surface area (Å²) in [5.41, 5.74) is 1.12. The predicted octanol–water partition coefficient (Wildman–Crippen LogP) is 3.31. The van der Waals surface area contributed by atoms with E-state index >= 15 is 0 Å². The standard InChI is InChI=1S/C13H9ClO3/c1-8-4-5-9(10(14)7-8)12(15)13(16)11-3-2-6-17-11/h2-7H,1H3. The molecule has 0 aliphatic rings. The van der Waals surface area contributed by atoms with Gasteiger partial charge in [0.1, 0.15) is 0 Å². The zero-order valence-corrected chi connectivity index (χ0v) is 9.82. The Bertz CT molecular complexity index is 570. The van der Waals surface area contributed by atoms with Gasteiger partial charge in [0.2, 0.25) is 5.78 Å². The molecule has 0 amide bonds. The molecule has 0 aliphatic carbocycles. The highest BCUT2D eigenvalue weighted by Crippen LogP contribution is 2.19. The number of hydrogen-bond donors (Lipinski definition) is 0. The molecular weight excluding hydrogens is 240 g/mol. The van der Waals surface area contributed by atoms with E-state index in [1.54, 1.807) is 24.3 Å². The second-order valence-electron chi connectivity index (χ2n) is 3.62. The number of ketones is 2. The fourth-order valence-electron chi connectivity index (χ4n) is 1.45. The Balaban J connectivity index is 2.35. The third-order valence-corrected chi connectivity index (χ3v) is 2.63. The molecule has 86 valence electrons. The van der Waals surface area contributed by atoms with Crippen LogP contribution >= 0.6 is 11.6 Å². The fourth-order valence-corrected chi connectivity index (χ4v) is 1.77. The van der Waals surface area contributed by atoms with Gasteiger partial charge in [-0.25, -0.2) is 0 Å². The van der Waals surface area contributed by atoms with E-state index in [1.807, 2.05) is 6.92 Å². The van der Waals surface area contributed by atoms with Crippen LogP contribution in [-0.2, 0) is 0 Å². The van der Waals surface area contributed by atoms with E-state index in [0.29, 0.717) is 0 Å². The van der Waals surface area contributed by atoms with Gasteiger partial charge in [-0.05, 0) is 36.8 Å². The fraction of sp³-hybridized carbons (Fsp3) is 0.0769. The molecule has 1 heterocycles. The predicted molar refractivity (Wildman–Crippen MR) is 63.6 cm³/mol. The molecule has 0 saturated heterocycles. The first-order valence-corrected chi connectivity index (χ1v) is 5.36. The molecule has 1 aromatic carbocycles. The number of aryl methyl sites for hydroxylation is 1. The molecule has 0 unspecified atom stereocenters. The highest BCUT2D eigenvalue weighted by atomic mass is 35.5. The Labute approximate surface area is 103 Å². The van der Waals surface area contributed by atoms with Crippen molar-refractivity contribution >= 4 is 23.2 Å². The lowest BCUT2D eigenvalue weighted by molar-refractivity contribution is 0.0801. The van der Waals surface area contributed by atoms with Crippen molar-refractivity contribution in [3.05, 3.63) is 58.5 Å². The molecule has 2 aromatic rings. The molecule has 0 spiro atoms. The molecule has 17 heavy (non-hydrogen) atoms. The van der Waals surface area contributed by atoms with Crippen LogP contribution in [0.2, 0.25) is 5.02 Å². The van der Waals surface area contributed by atoms with E-state index in [1.165, 1.54) is 12.3 Å². The van der Waals surface area contributed by atoms with Gasteiger partial charge in [-0.15, -0.1) is 0 Å². The molecule has 0 N–H and O–H groups in total. The maximum absolute atomic E-state index is 11.9. The van der Waals surface area contributed by atoms with Crippen molar-refractivity contribution in [1.82, 2.24) is 0 Å². The maximum atomic E-state index is 11.9. The summed E-state index contributed by atoms with van der Waals surface area (Å²) in [5.74, 6) is -1.34. The SMILES string of the molecule is Cc1ccc(C(=O)C(=O)c2ccco2)c(Cl)c1. The Morgan fingerprint density at radius 2 is 1.94 bits per heavy atom. The zero-order valence-electron chi connectivity index (χ0n) is 9.07. The van der Waals surface area contributed by atoms with Crippen LogP contribution in [0.25, 0.3) is 0 Å². The van der Waals surface area contributed by atoms with Crippen LogP contribution in [0, 0.1) is 6.92 Å². The maximum Gasteiger partial charge on any atom is 0.268 e. The second-order valence-corrected chi connectivity index (χ2v) is 4.03. The minimum Gasteiger partial charge on any atom is -0.461 e. The van der Waals surface area contributed by atoms with Crippen LogP contribution in [-0.4, -0.2) is 11.6 Å². The normalized spacial score (nSPS) is 10.2. The van der Waals surface area contributed by atoms with Crippen molar-refractivity contribution < 1.29 is 14.0 Å². The van der Waals surface area contributed by atoms with Gasteiger partial charge in [0.25, 0.3) is 5.78 Å². The number of benzene rings is 1. The number of furan rings is 1. The van der Waals surface area contributed by atoms with Gasteiger partial charge >= 0.3 is 0 Å². The van der Waals surface area contributed by atoms with Gasteiger partial charge in [0.05, 0.1) is 11.3 Å². The summed E-state index contributed by atoms with van der Waals surface area (Å²) < 4.78 is 4.89. The largest absolute Gasteiger partial charge is 0.461 e. The van der Waals surface area contributed by atoms with E-state index in [2.05, 4.69) is 0 Å². The first kappa shape index (κ1) is 11.6. The summed E-state index contributed by atoms with van der Waals surface area (Å²) in [4.78, 5) is 23.6. The summed E-state index contributed by atoms with van der Waals surface area (Å²) in [6.45, 7) is 1.86. The van der Waals surface area contributed by atoms with Gasteiger partial charge in [-0.3, -0.25) is 9.59 Å². The Kier molecular flexibility index (Phi) is 3.11. The highest BCUT2D eigenvalue weighted by molar-refractivity contribution is 6.51. The van der Waals surface area contributed by atoms with Crippen molar-refractivity contribution in [2.75, 3.05) is 0 Å². The van der Waals surface area contributed by atoms with E-state index in [0.717, 1.165) is 5.56 Å². The molecule has 4 heteroatoms. The zero-order chi connectivity index (χ0) is 12.4. The quantitative estimate of drug-likeness (QED) is 0.618. The monoisotopic (exact) mass is 248 g/mol. The smallest absolute Gasteiger partial charge is 0.268 e. The molecule has 0 radical (unpaired) electrons. The number of halogens is 1. The van der Waals surface area contributed by atoms with Crippen LogP contribution in [0.15, 0.2) is 41.0 Å². The van der Waals surface area contributed by atoms with Crippen molar-refractivity contribution in [3.63, 3.8) is 0 Å². The lowest BCUT2D eigenvalue weighted by Gasteiger charge is -2.02. The van der Waals surface area contributed by atoms with Crippen LogP contribution in [0.4, 0.5) is 0 Å². The topological polar surface area (TPSA) is 47.3 Å². The molecule has 0 atom stereocenters. The third-order valence-electron chi connectivity index (χ3n) is 2.32. The summed E-state index contributed by atoms with van der Waals surface area (Å²) >= 11 is 5.93. The lowest BCUT2D eigenvalue weighted by Crippen LogP contribution is -2.14. The molecular formula is C13H9ClO3. The number of hydrogen-bond acceptors (Lipinski definition) is 3. The van der Waals surface area contributed by atoms with E-state index in [4.69, 9.17) is 16.0 Å². The molecule has 3 nitrogen and oxygen atoms in total. The van der Waals surface area contributed by atoms with Crippen molar-refractivity contribution in [1.29, 1.82) is 0 Å². The van der Waals surface area contributed by atoms with Gasteiger partial charge in [-0.1, -0.05) is 17.7 Å². The summed E-state index contributed by atoms with van der Waals surface area (Å²) in [6, 6.07) is 7.92. The van der Waals surface area contributed by atoms with Crippen LogP contribution < -0.4 is 0 Å². The minimum absolute atomic E-state index is 0.0200. The van der Waals surface area contributed by atoms with E-state index in [-0.39, 0.29) is 16.3 Å².